The molecule has 0 fully saturated rings. The van der Waals surface area contributed by atoms with Crippen LogP contribution in [-0.2, 0) is 11.0 Å². The van der Waals surface area contributed by atoms with Crippen LogP contribution < -0.4 is 5.32 Å². The fourth-order valence-corrected chi connectivity index (χ4v) is 1.38. The first-order valence-electron chi connectivity index (χ1n) is 5.47. The number of halogens is 3. The highest BCUT2D eigenvalue weighted by Crippen LogP contribution is 2.29. The van der Waals surface area contributed by atoms with E-state index in [1.54, 1.807) is 6.92 Å². The van der Waals surface area contributed by atoms with Crippen molar-refractivity contribution in [3.63, 3.8) is 0 Å². The van der Waals surface area contributed by atoms with Gasteiger partial charge >= 0.3 is 6.18 Å². The summed E-state index contributed by atoms with van der Waals surface area (Å²) in [5.41, 5.74) is -0.491. The van der Waals surface area contributed by atoms with Crippen LogP contribution in [0.25, 0.3) is 0 Å². The normalized spacial score (nSPS) is 13.2. The number of rotatable bonds is 4. The third kappa shape index (κ3) is 3.73. The quantitative estimate of drug-likeness (QED) is 0.875. The van der Waals surface area contributed by atoms with E-state index < -0.39 is 23.6 Å². The first kappa shape index (κ1) is 14.5. The Labute approximate surface area is 103 Å². The number of hydrogen-bond acceptors (Lipinski definition) is 2. The molecule has 1 aromatic carbocycles. The van der Waals surface area contributed by atoms with E-state index in [0.29, 0.717) is 6.42 Å². The van der Waals surface area contributed by atoms with Crippen LogP contribution in [0.2, 0.25) is 0 Å². The molecule has 0 aromatic heterocycles. The molecule has 6 heteroatoms. The number of aliphatic hydroxyl groups is 1. The van der Waals surface area contributed by atoms with Gasteiger partial charge in [-0.05, 0) is 30.7 Å². The molecule has 0 saturated heterocycles. The van der Waals surface area contributed by atoms with Crippen molar-refractivity contribution in [2.24, 2.45) is 5.92 Å². The van der Waals surface area contributed by atoms with Crippen LogP contribution in [0.3, 0.4) is 0 Å². The smallest absolute Gasteiger partial charge is 0.396 e. The molecule has 0 spiro atoms. The van der Waals surface area contributed by atoms with Crippen LogP contribution in [0.4, 0.5) is 18.9 Å². The summed E-state index contributed by atoms with van der Waals surface area (Å²) >= 11 is 0. The van der Waals surface area contributed by atoms with E-state index in [0.717, 1.165) is 12.1 Å². The van der Waals surface area contributed by atoms with Crippen molar-refractivity contribution < 1.29 is 23.1 Å². The number of aliphatic hydroxyl groups excluding tert-OH is 1. The molecule has 0 saturated carbocycles. The zero-order valence-corrected chi connectivity index (χ0v) is 9.79. The molecule has 0 aliphatic heterocycles. The first-order valence-corrected chi connectivity index (χ1v) is 5.47. The van der Waals surface area contributed by atoms with Crippen LogP contribution >= 0.6 is 0 Å². The van der Waals surface area contributed by atoms with Crippen molar-refractivity contribution in [2.45, 2.75) is 19.5 Å². The number of hydrogen-bond donors (Lipinski definition) is 2. The van der Waals surface area contributed by atoms with Crippen molar-refractivity contribution >= 4 is 11.6 Å². The van der Waals surface area contributed by atoms with Gasteiger partial charge in [0.05, 0.1) is 18.1 Å². The van der Waals surface area contributed by atoms with Gasteiger partial charge < -0.3 is 10.4 Å². The maximum Gasteiger partial charge on any atom is 0.416 e. The summed E-state index contributed by atoms with van der Waals surface area (Å²) in [6, 6.07) is 4.17. The van der Waals surface area contributed by atoms with Gasteiger partial charge in [0, 0.05) is 5.69 Å². The molecular formula is C12H14F3NO2. The number of benzene rings is 1. The summed E-state index contributed by atoms with van der Waals surface area (Å²) in [5.74, 6) is -0.952. The standard InChI is InChI=1S/C12H14F3NO2/c1-2-8(7-17)11(18)16-10-5-3-9(4-6-10)12(13,14)15/h3-6,8,17H,2,7H2,1H3,(H,16,18). The molecule has 1 unspecified atom stereocenters. The van der Waals surface area contributed by atoms with Crippen LogP contribution in [0.15, 0.2) is 24.3 Å². The highest BCUT2D eigenvalue weighted by Gasteiger charge is 2.30. The van der Waals surface area contributed by atoms with E-state index in [1.165, 1.54) is 12.1 Å². The summed E-state index contributed by atoms with van der Waals surface area (Å²) in [7, 11) is 0. The Morgan fingerprint density at radius 1 is 1.33 bits per heavy atom. The number of carbonyl (C=O) groups is 1. The van der Waals surface area contributed by atoms with Crippen molar-refractivity contribution in [2.75, 3.05) is 11.9 Å². The minimum Gasteiger partial charge on any atom is -0.396 e. The third-order valence-electron chi connectivity index (χ3n) is 2.56. The SMILES string of the molecule is CCC(CO)C(=O)Nc1ccc(C(F)(F)F)cc1. The Bertz CT molecular complexity index is 397. The summed E-state index contributed by atoms with van der Waals surface area (Å²) in [5, 5.41) is 11.4. The van der Waals surface area contributed by atoms with E-state index in [9.17, 15) is 18.0 Å². The lowest BCUT2D eigenvalue weighted by Gasteiger charge is -2.13. The van der Waals surface area contributed by atoms with Gasteiger partial charge in [-0.15, -0.1) is 0 Å². The molecule has 0 aliphatic carbocycles. The molecule has 100 valence electrons. The van der Waals surface area contributed by atoms with Gasteiger partial charge in [-0.1, -0.05) is 6.92 Å². The summed E-state index contributed by atoms with van der Waals surface area (Å²) in [6.07, 6.45) is -3.93. The maximum atomic E-state index is 12.3. The first-order chi connectivity index (χ1) is 8.38. The Morgan fingerprint density at radius 2 is 1.89 bits per heavy atom. The zero-order valence-electron chi connectivity index (χ0n) is 9.79. The van der Waals surface area contributed by atoms with Crippen molar-refractivity contribution in [3.8, 4) is 0 Å². The van der Waals surface area contributed by atoms with Gasteiger partial charge in [-0.2, -0.15) is 13.2 Å². The Balaban J connectivity index is 2.72. The molecule has 18 heavy (non-hydrogen) atoms. The average Bonchev–Trinajstić information content (AvgIpc) is 2.30. The molecule has 2 N–H and O–H groups in total. The van der Waals surface area contributed by atoms with Gasteiger partial charge in [-0.3, -0.25) is 4.79 Å². The van der Waals surface area contributed by atoms with Gasteiger partial charge in [0.1, 0.15) is 0 Å². The second kappa shape index (κ2) is 5.86. The van der Waals surface area contributed by atoms with E-state index in [1.807, 2.05) is 0 Å². The summed E-state index contributed by atoms with van der Waals surface area (Å²) in [4.78, 5) is 11.6. The molecule has 1 rings (SSSR count). The van der Waals surface area contributed by atoms with Crippen molar-refractivity contribution in [1.29, 1.82) is 0 Å². The van der Waals surface area contributed by atoms with Crippen molar-refractivity contribution in [3.05, 3.63) is 29.8 Å². The summed E-state index contributed by atoms with van der Waals surface area (Å²) < 4.78 is 36.9. The van der Waals surface area contributed by atoms with E-state index in [2.05, 4.69) is 5.32 Å². The number of amides is 1. The predicted octanol–water partition coefficient (Wildman–Crippen LogP) is 2.66. The number of carbonyl (C=O) groups excluding carboxylic acids is 1. The predicted molar refractivity (Wildman–Crippen MR) is 60.9 cm³/mol. The number of nitrogens with one attached hydrogen (secondary N) is 1. The highest BCUT2D eigenvalue weighted by molar-refractivity contribution is 5.92. The largest absolute Gasteiger partial charge is 0.416 e. The monoisotopic (exact) mass is 261 g/mol. The lowest BCUT2D eigenvalue weighted by molar-refractivity contribution is -0.137. The fraction of sp³-hybridized carbons (Fsp3) is 0.417. The van der Waals surface area contributed by atoms with Gasteiger partial charge in [0.25, 0.3) is 0 Å². The Morgan fingerprint density at radius 3 is 2.28 bits per heavy atom. The number of anilines is 1. The topological polar surface area (TPSA) is 49.3 Å². The lowest BCUT2D eigenvalue weighted by atomic mass is 10.1. The van der Waals surface area contributed by atoms with Crippen molar-refractivity contribution in [1.82, 2.24) is 0 Å². The average molecular weight is 261 g/mol. The maximum absolute atomic E-state index is 12.3. The molecule has 0 heterocycles. The summed E-state index contributed by atoms with van der Waals surface area (Å²) in [6.45, 7) is 1.45. The highest BCUT2D eigenvalue weighted by atomic mass is 19.4. The second-order valence-corrected chi connectivity index (χ2v) is 3.85. The van der Waals surface area contributed by atoms with Crippen LogP contribution in [0.5, 0.6) is 0 Å². The number of alkyl halides is 3. The van der Waals surface area contributed by atoms with Crippen LogP contribution in [0, 0.1) is 5.92 Å². The zero-order chi connectivity index (χ0) is 13.8. The van der Waals surface area contributed by atoms with Gasteiger partial charge in [0.15, 0.2) is 0 Å². The molecule has 0 radical (unpaired) electrons. The van der Waals surface area contributed by atoms with Crippen LogP contribution in [0.1, 0.15) is 18.9 Å². The fourth-order valence-electron chi connectivity index (χ4n) is 1.38. The lowest BCUT2D eigenvalue weighted by Crippen LogP contribution is -2.25. The molecule has 1 aromatic rings. The minimum atomic E-state index is -4.39. The van der Waals surface area contributed by atoms with E-state index in [-0.39, 0.29) is 12.3 Å². The van der Waals surface area contributed by atoms with Gasteiger partial charge in [0.2, 0.25) is 5.91 Å². The molecule has 3 nitrogen and oxygen atoms in total. The molecular weight excluding hydrogens is 247 g/mol. The van der Waals surface area contributed by atoms with E-state index in [4.69, 9.17) is 5.11 Å². The Hall–Kier alpha value is -1.56. The van der Waals surface area contributed by atoms with Crippen LogP contribution in [-0.4, -0.2) is 17.6 Å². The molecule has 1 atom stereocenters. The molecule has 1 amide bonds. The third-order valence-corrected chi connectivity index (χ3v) is 2.56. The molecule has 0 bridgehead atoms. The molecule has 0 aliphatic rings. The van der Waals surface area contributed by atoms with Gasteiger partial charge in [-0.25, -0.2) is 0 Å². The Kier molecular flexibility index (Phi) is 4.72. The minimum absolute atomic E-state index is 0.278. The second-order valence-electron chi connectivity index (χ2n) is 3.85. The van der Waals surface area contributed by atoms with E-state index >= 15 is 0 Å².